The summed E-state index contributed by atoms with van der Waals surface area (Å²) in [5, 5.41) is 2.94. The van der Waals surface area contributed by atoms with Crippen LogP contribution < -0.4 is 5.32 Å². The lowest BCUT2D eigenvalue weighted by Gasteiger charge is -2.05. The first-order valence-electron chi connectivity index (χ1n) is 7.39. The van der Waals surface area contributed by atoms with Gasteiger partial charge in [0.05, 0.1) is 13.2 Å². The van der Waals surface area contributed by atoms with Crippen LogP contribution in [0, 0.1) is 0 Å². The molecular formula is C16H23NO3. The van der Waals surface area contributed by atoms with E-state index in [4.69, 9.17) is 9.47 Å². The minimum absolute atomic E-state index is 0.0124. The summed E-state index contributed by atoms with van der Waals surface area (Å²) >= 11 is 0. The number of nitrogens with one attached hydrogen (secondary N) is 1. The first kappa shape index (κ1) is 15.0. The Hall–Kier alpha value is -1.39. The average Bonchev–Trinajstić information content (AvgIpc) is 3.30. The second-order valence-corrected chi connectivity index (χ2v) is 5.07. The van der Waals surface area contributed by atoms with Crippen molar-refractivity contribution in [3.05, 3.63) is 35.9 Å². The maximum Gasteiger partial charge on any atom is 0.251 e. The molecule has 1 aromatic carbocycles. The molecule has 1 amide bonds. The zero-order valence-corrected chi connectivity index (χ0v) is 11.8. The van der Waals surface area contributed by atoms with Gasteiger partial charge in [-0.2, -0.15) is 0 Å². The summed E-state index contributed by atoms with van der Waals surface area (Å²) in [6.07, 6.45) is 4.73. The predicted molar refractivity (Wildman–Crippen MR) is 77.8 cm³/mol. The lowest BCUT2D eigenvalue weighted by atomic mass is 10.2. The van der Waals surface area contributed by atoms with Gasteiger partial charge in [-0.1, -0.05) is 31.0 Å². The molecule has 1 fully saturated rings. The minimum Gasteiger partial charge on any atom is -0.379 e. The lowest BCUT2D eigenvalue weighted by molar-refractivity contribution is 0.0952. The number of unbranched alkanes of at least 4 members (excludes halogenated alkanes) is 3. The van der Waals surface area contributed by atoms with E-state index < -0.39 is 0 Å². The fourth-order valence-corrected chi connectivity index (χ4v) is 1.96. The summed E-state index contributed by atoms with van der Waals surface area (Å²) in [5.41, 5.74) is 0.725. The van der Waals surface area contributed by atoms with Gasteiger partial charge < -0.3 is 14.8 Å². The smallest absolute Gasteiger partial charge is 0.251 e. The van der Waals surface area contributed by atoms with Crippen LogP contribution in [0.2, 0.25) is 0 Å². The third-order valence-electron chi connectivity index (χ3n) is 3.24. The highest BCUT2D eigenvalue weighted by Gasteiger charge is 2.21. The molecule has 1 heterocycles. The second kappa shape index (κ2) is 8.72. The van der Waals surface area contributed by atoms with Crippen molar-refractivity contribution in [1.82, 2.24) is 5.32 Å². The Morgan fingerprint density at radius 2 is 1.95 bits per heavy atom. The Labute approximate surface area is 120 Å². The number of amides is 1. The fourth-order valence-electron chi connectivity index (χ4n) is 1.96. The zero-order chi connectivity index (χ0) is 14.0. The van der Waals surface area contributed by atoms with Crippen LogP contribution in [0.25, 0.3) is 0 Å². The molecule has 1 aromatic rings. The van der Waals surface area contributed by atoms with E-state index in [0.717, 1.165) is 57.6 Å². The first-order valence-corrected chi connectivity index (χ1v) is 7.39. The fraction of sp³-hybridized carbons (Fsp3) is 0.562. The minimum atomic E-state index is 0.0124. The van der Waals surface area contributed by atoms with Gasteiger partial charge in [0.2, 0.25) is 0 Å². The number of carbonyl (C=O) groups excluding carboxylic acids is 1. The van der Waals surface area contributed by atoms with Crippen LogP contribution in [0.15, 0.2) is 30.3 Å². The molecule has 0 saturated carbocycles. The quantitative estimate of drug-likeness (QED) is 0.528. The third kappa shape index (κ3) is 6.17. The number of rotatable bonds is 10. The molecule has 4 nitrogen and oxygen atoms in total. The lowest BCUT2D eigenvalue weighted by Crippen LogP contribution is -2.24. The van der Waals surface area contributed by atoms with Crippen molar-refractivity contribution < 1.29 is 14.3 Å². The summed E-state index contributed by atoms with van der Waals surface area (Å²) in [6.45, 7) is 3.16. The van der Waals surface area contributed by atoms with E-state index in [9.17, 15) is 4.79 Å². The van der Waals surface area contributed by atoms with Gasteiger partial charge in [-0.3, -0.25) is 4.79 Å². The van der Waals surface area contributed by atoms with E-state index in [2.05, 4.69) is 5.32 Å². The Bertz CT molecular complexity index is 390. The Kier molecular flexibility index (Phi) is 6.54. The second-order valence-electron chi connectivity index (χ2n) is 5.07. The summed E-state index contributed by atoms with van der Waals surface area (Å²) in [6, 6.07) is 9.32. The van der Waals surface area contributed by atoms with Crippen LogP contribution in [0.4, 0.5) is 0 Å². The van der Waals surface area contributed by atoms with Gasteiger partial charge in [-0.05, 0) is 25.0 Å². The highest BCUT2D eigenvalue weighted by molar-refractivity contribution is 5.94. The van der Waals surface area contributed by atoms with Gasteiger partial charge in [-0.25, -0.2) is 0 Å². The molecule has 0 aliphatic carbocycles. The van der Waals surface area contributed by atoms with E-state index in [0.29, 0.717) is 6.10 Å². The molecule has 0 radical (unpaired) electrons. The zero-order valence-electron chi connectivity index (χ0n) is 11.8. The van der Waals surface area contributed by atoms with Gasteiger partial charge >= 0.3 is 0 Å². The average molecular weight is 277 g/mol. The number of epoxide rings is 1. The first-order chi connectivity index (χ1) is 9.86. The number of ether oxygens (including phenoxy) is 2. The van der Waals surface area contributed by atoms with Crippen molar-refractivity contribution in [1.29, 1.82) is 0 Å². The molecule has 0 aromatic heterocycles. The summed E-state index contributed by atoms with van der Waals surface area (Å²) in [4.78, 5) is 11.7. The van der Waals surface area contributed by atoms with E-state index in [1.807, 2.05) is 30.3 Å². The molecule has 1 aliphatic heterocycles. The van der Waals surface area contributed by atoms with Crippen LogP contribution in [-0.4, -0.2) is 38.4 Å². The molecule has 1 N–H and O–H groups in total. The van der Waals surface area contributed by atoms with Crippen molar-refractivity contribution in [3.63, 3.8) is 0 Å². The van der Waals surface area contributed by atoms with Gasteiger partial charge in [0.15, 0.2) is 0 Å². The summed E-state index contributed by atoms with van der Waals surface area (Å²) < 4.78 is 10.5. The molecule has 4 heteroatoms. The van der Waals surface area contributed by atoms with Gasteiger partial charge in [0.1, 0.15) is 6.10 Å². The molecule has 0 spiro atoms. The monoisotopic (exact) mass is 277 g/mol. The number of carbonyl (C=O) groups is 1. The SMILES string of the molecule is O=C(NCCCCCCOCC1CO1)c1ccccc1. The molecule has 1 unspecified atom stereocenters. The maximum atomic E-state index is 11.7. The number of benzene rings is 1. The third-order valence-corrected chi connectivity index (χ3v) is 3.24. The molecule has 2 rings (SSSR count). The van der Waals surface area contributed by atoms with Crippen molar-refractivity contribution in [2.24, 2.45) is 0 Å². The van der Waals surface area contributed by atoms with Crippen molar-refractivity contribution >= 4 is 5.91 Å². The van der Waals surface area contributed by atoms with Crippen molar-refractivity contribution in [2.45, 2.75) is 31.8 Å². The van der Waals surface area contributed by atoms with Gasteiger partial charge in [0.25, 0.3) is 5.91 Å². The molecule has 1 saturated heterocycles. The van der Waals surface area contributed by atoms with E-state index in [-0.39, 0.29) is 5.91 Å². The molecule has 1 atom stereocenters. The largest absolute Gasteiger partial charge is 0.379 e. The molecule has 20 heavy (non-hydrogen) atoms. The van der Waals surface area contributed by atoms with Crippen LogP contribution in [0.1, 0.15) is 36.0 Å². The van der Waals surface area contributed by atoms with Crippen molar-refractivity contribution in [3.8, 4) is 0 Å². The summed E-state index contributed by atoms with van der Waals surface area (Å²) in [7, 11) is 0. The number of hydrogen-bond acceptors (Lipinski definition) is 3. The Morgan fingerprint density at radius 1 is 1.20 bits per heavy atom. The normalized spacial score (nSPS) is 16.9. The molecule has 110 valence electrons. The number of hydrogen-bond donors (Lipinski definition) is 1. The van der Waals surface area contributed by atoms with Gasteiger partial charge in [-0.15, -0.1) is 0 Å². The van der Waals surface area contributed by atoms with Crippen LogP contribution in [-0.2, 0) is 9.47 Å². The predicted octanol–water partition coefficient (Wildman–Crippen LogP) is 2.39. The maximum absolute atomic E-state index is 11.7. The molecule has 1 aliphatic rings. The van der Waals surface area contributed by atoms with E-state index >= 15 is 0 Å². The molecular weight excluding hydrogens is 254 g/mol. The standard InChI is InChI=1S/C16H23NO3/c18-16(14-8-4-3-5-9-14)17-10-6-1-2-7-11-19-12-15-13-20-15/h3-5,8-9,15H,1-2,6-7,10-13H2,(H,17,18). The van der Waals surface area contributed by atoms with Crippen LogP contribution in [0.3, 0.4) is 0 Å². The van der Waals surface area contributed by atoms with Crippen LogP contribution >= 0.6 is 0 Å². The Morgan fingerprint density at radius 3 is 2.70 bits per heavy atom. The Balaban J connectivity index is 1.40. The van der Waals surface area contributed by atoms with Crippen LogP contribution in [0.5, 0.6) is 0 Å². The van der Waals surface area contributed by atoms with Crippen molar-refractivity contribution in [2.75, 3.05) is 26.4 Å². The summed E-state index contributed by atoms with van der Waals surface area (Å²) in [5.74, 6) is 0.0124. The highest BCUT2D eigenvalue weighted by atomic mass is 16.6. The van der Waals surface area contributed by atoms with E-state index in [1.54, 1.807) is 0 Å². The highest BCUT2D eigenvalue weighted by Crippen LogP contribution is 2.09. The van der Waals surface area contributed by atoms with Gasteiger partial charge in [0, 0.05) is 18.7 Å². The molecule has 0 bridgehead atoms. The van der Waals surface area contributed by atoms with E-state index in [1.165, 1.54) is 0 Å². The topological polar surface area (TPSA) is 50.9 Å².